The van der Waals surface area contributed by atoms with E-state index >= 15 is 0 Å². The van der Waals surface area contributed by atoms with Crippen molar-refractivity contribution in [1.29, 1.82) is 0 Å². The molecule has 0 heterocycles. The Morgan fingerprint density at radius 3 is 2.88 bits per heavy atom. The van der Waals surface area contributed by atoms with Gasteiger partial charge in [0.2, 0.25) is 0 Å². The summed E-state index contributed by atoms with van der Waals surface area (Å²) in [7, 11) is 0. The lowest BCUT2D eigenvalue weighted by Gasteiger charge is -2.14. The summed E-state index contributed by atoms with van der Waals surface area (Å²) in [4.78, 5) is 0. The fourth-order valence-corrected chi connectivity index (χ4v) is 2.32. The van der Waals surface area contributed by atoms with Crippen LogP contribution in [0, 0.1) is 5.92 Å². The fourth-order valence-electron chi connectivity index (χ4n) is 1.87. The molecule has 0 saturated heterocycles. The molecule has 2 nitrogen and oxygen atoms in total. The fraction of sp³-hybridized carbons (Fsp3) is 0.571. The summed E-state index contributed by atoms with van der Waals surface area (Å²) in [6.45, 7) is 3.82. The summed E-state index contributed by atoms with van der Waals surface area (Å²) in [5, 5.41) is 9.36. The SMILES string of the molecule is CCOCCCC(CO)Cc1cccc(Br)c1. The molecule has 96 valence electrons. The van der Waals surface area contributed by atoms with E-state index < -0.39 is 0 Å². The first-order chi connectivity index (χ1) is 8.26. The number of aliphatic hydroxyl groups excluding tert-OH is 1. The van der Waals surface area contributed by atoms with Crippen molar-refractivity contribution in [2.75, 3.05) is 19.8 Å². The van der Waals surface area contributed by atoms with Gasteiger partial charge >= 0.3 is 0 Å². The van der Waals surface area contributed by atoms with Crippen molar-refractivity contribution in [2.24, 2.45) is 5.92 Å². The summed E-state index contributed by atoms with van der Waals surface area (Å²) >= 11 is 3.46. The minimum absolute atomic E-state index is 0.249. The predicted octanol–water partition coefficient (Wildman–Crippen LogP) is 3.42. The first-order valence-corrected chi connectivity index (χ1v) is 6.98. The van der Waals surface area contributed by atoms with Crippen molar-refractivity contribution in [3.63, 3.8) is 0 Å². The van der Waals surface area contributed by atoms with Crippen molar-refractivity contribution < 1.29 is 9.84 Å². The van der Waals surface area contributed by atoms with E-state index in [1.165, 1.54) is 5.56 Å². The van der Waals surface area contributed by atoms with Gasteiger partial charge in [-0.15, -0.1) is 0 Å². The Balaban J connectivity index is 2.35. The van der Waals surface area contributed by atoms with Crippen LogP contribution in [0.4, 0.5) is 0 Å². The lowest BCUT2D eigenvalue weighted by molar-refractivity contribution is 0.132. The molecule has 3 heteroatoms. The van der Waals surface area contributed by atoms with Crippen LogP contribution in [0.15, 0.2) is 28.7 Å². The third kappa shape index (κ3) is 6.20. The van der Waals surface area contributed by atoms with Crippen molar-refractivity contribution in [3.05, 3.63) is 34.3 Å². The van der Waals surface area contributed by atoms with Gasteiger partial charge in [0, 0.05) is 24.3 Å². The summed E-state index contributed by atoms with van der Waals surface area (Å²) < 4.78 is 6.41. The molecule has 1 aromatic carbocycles. The van der Waals surface area contributed by atoms with Gasteiger partial charge in [-0.3, -0.25) is 0 Å². The molecule has 1 rings (SSSR count). The van der Waals surface area contributed by atoms with Crippen molar-refractivity contribution in [3.8, 4) is 0 Å². The molecule has 1 atom stereocenters. The molecule has 0 saturated carbocycles. The van der Waals surface area contributed by atoms with Crippen molar-refractivity contribution in [1.82, 2.24) is 0 Å². The molecule has 0 aliphatic rings. The van der Waals surface area contributed by atoms with E-state index in [2.05, 4.69) is 28.1 Å². The number of ether oxygens (including phenoxy) is 1. The highest BCUT2D eigenvalue weighted by Crippen LogP contribution is 2.17. The van der Waals surface area contributed by atoms with Crippen molar-refractivity contribution >= 4 is 15.9 Å². The average Bonchev–Trinajstić information content (AvgIpc) is 2.33. The summed E-state index contributed by atoms with van der Waals surface area (Å²) in [6.07, 6.45) is 2.97. The van der Waals surface area contributed by atoms with E-state index in [1.54, 1.807) is 0 Å². The number of hydrogen-bond acceptors (Lipinski definition) is 2. The molecule has 0 aliphatic carbocycles. The molecule has 0 aliphatic heterocycles. The van der Waals surface area contributed by atoms with E-state index in [0.717, 1.165) is 36.9 Å². The highest BCUT2D eigenvalue weighted by Gasteiger charge is 2.08. The molecule has 0 aromatic heterocycles. The molecular weight excluding hydrogens is 280 g/mol. The minimum atomic E-state index is 0.249. The topological polar surface area (TPSA) is 29.5 Å². The summed E-state index contributed by atoms with van der Waals surface area (Å²) in [6, 6.07) is 8.28. The lowest BCUT2D eigenvalue weighted by Crippen LogP contribution is -2.11. The van der Waals surface area contributed by atoms with Gasteiger partial charge < -0.3 is 9.84 Å². The molecule has 0 spiro atoms. The molecular formula is C14H21BrO2. The maximum absolute atomic E-state index is 9.36. The van der Waals surface area contributed by atoms with Crippen LogP contribution >= 0.6 is 15.9 Å². The van der Waals surface area contributed by atoms with E-state index in [0.29, 0.717) is 5.92 Å². The summed E-state index contributed by atoms with van der Waals surface area (Å²) in [5.41, 5.74) is 1.27. The molecule has 0 amide bonds. The van der Waals surface area contributed by atoms with Crippen LogP contribution in [-0.2, 0) is 11.2 Å². The van der Waals surface area contributed by atoms with Gasteiger partial charge in [0.25, 0.3) is 0 Å². The second-order valence-corrected chi connectivity index (χ2v) is 5.14. The lowest BCUT2D eigenvalue weighted by atomic mass is 9.96. The van der Waals surface area contributed by atoms with E-state index in [4.69, 9.17) is 4.74 Å². The zero-order valence-electron chi connectivity index (χ0n) is 10.4. The third-order valence-corrected chi connectivity index (χ3v) is 3.27. The quantitative estimate of drug-likeness (QED) is 0.746. The second kappa shape index (κ2) is 8.67. The molecule has 0 fully saturated rings. The highest BCUT2D eigenvalue weighted by atomic mass is 79.9. The third-order valence-electron chi connectivity index (χ3n) is 2.78. The monoisotopic (exact) mass is 300 g/mol. The maximum Gasteiger partial charge on any atom is 0.0466 e. The average molecular weight is 301 g/mol. The number of halogens is 1. The van der Waals surface area contributed by atoms with Gasteiger partial charge in [-0.05, 0) is 49.8 Å². The number of hydrogen-bond donors (Lipinski definition) is 1. The van der Waals surface area contributed by atoms with Gasteiger partial charge in [-0.2, -0.15) is 0 Å². The van der Waals surface area contributed by atoms with Crippen LogP contribution in [0.2, 0.25) is 0 Å². The zero-order chi connectivity index (χ0) is 12.5. The second-order valence-electron chi connectivity index (χ2n) is 4.22. The zero-order valence-corrected chi connectivity index (χ0v) is 11.9. The number of benzene rings is 1. The van der Waals surface area contributed by atoms with Crippen molar-refractivity contribution in [2.45, 2.75) is 26.2 Å². The largest absolute Gasteiger partial charge is 0.396 e. The van der Waals surface area contributed by atoms with Crippen LogP contribution in [0.1, 0.15) is 25.3 Å². The Bertz CT molecular complexity index is 315. The molecule has 1 aromatic rings. The minimum Gasteiger partial charge on any atom is -0.396 e. The predicted molar refractivity (Wildman–Crippen MR) is 74.1 cm³/mol. The first kappa shape index (κ1) is 14.7. The molecule has 1 unspecified atom stereocenters. The normalized spacial score (nSPS) is 12.6. The molecule has 0 bridgehead atoms. The Morgan fingerprint density at radius 2 is 2.24 bits per heavy atom. The molecule has 0 radical (unpaired) electrons. The van der Waals surface area contributed by atoms with Crippen LogP contribution in [-0.4, -0.2) is 24.9 Å². The van der Waals surface area contributed by atoms with Crippen LogP contribution in [0.25, 0.3) is 0 Å². The van der Waals surface area contributed by atoms with E-state index in [-0.39, 0.29) is 6.61 Å². The Hall–Kier alpha value is -0.380. The van der Waals surface area contributed by atoms with Gasteiger partial charge in [0.15, 0.2) is 0 Å². The van der Waals surface area contributed by atoms with Crippen LogP contribution < -0.4 is 0 Å². The van der Waals surface area contributed by atoms with Gasteiger partial charge in [-0.25, -0.2) is 0 Å². The Labute approximate surface area is 112 Å². The van der Waals surface area contributed by atoms with Crippen LogP contribution in [0.3, 0.4) is 0 Å². The smallest absolute Gasteiger partial charge is 0.0466 e. The number of aliphatic hydroxyl groups is 1. The Kier molecular flexibility index (Phi) is 7.49. The van der Waals surface area contributed by atoms with E-state index in [1.807, 2.05) is 19.1 Å². The Morgan fingerprint density at radius 1 is 1.41 bits per heavy atom. The van der Waals surface area contributed by atoms with Gasteiger partial charge in [0.1, 0.15) is 0 Å². The maximum atomic E-state index is 9.36. The molecule has 1 N–H and O–H groups in total. The highest BCUT2D eigenvalue weighted by molar-refractivity contribution is 9.10. The van der Waals surface area contributed by atoms with Crippen LogP contribution in [0.5, 0.6) is 0 Å². The number of rotatable bonds is 8. The van der Waals surface area contributed by atoms with Gasteiger partial charge in [0.05, 0.1) is 0 Å². The van der Waals surface area contributed by atoms with E-state index in [9.17, 15) is 5.11 Å². The molecule has 17 heavy (non-hydrogen) atoms. The first-order valence-electron chi connectivity index (χ1n) is 6.19. The van der Waals surface area contributed by atoms with Gasteiger partial charge in [-0.1, -0.05) is 28.1 Å². The summed E-state index contributed by atoms with van der Waals surface area (Å²) in [5.74, 6) is 0.338. The standard InChI is InChI=1S/C14H21BrO2/c1-2-17-8-4-6-13(11-16)9-12-5-3-7-14(15)10-12/h3,5,7,10,13,16H,2,4,6,8-9,11H2,1H3.